The summed E-state index contributed by atoms with van der Waals surface area (Å²) in [5.74, 6) is -0.743. The van der Waals surface area contributed by atoms with Crippen LogP contribution in [-0.2, 0) is 9.59 Å². The molecule has 1 aromatic rings. The Morgan fingerprint density at radius 1 is 1.32 bits per heavy atom. The van der Waals surface area contributed by atoms with Gasteiger partial charge in [-0.2, -0.15) is 0 Å². The van der Waals surface area contributed by atoms with E-state index < -0.39 is 17.9 Å². The van der Waals surface area contributed by atoms with Crippen LogP contribution in [0, 0.1) is 0 Å². The zero-order valence-corrected chi connectivity index (χ0v) is 11.6. The zero-order valence-electron chi connectivity index (χ0n) is 11.6. The van der Waals surface area contributed by atoms with Gasteiger partial charge in [-0.3, -0.25) is 4.79 Å². The number of carboxylic acids is 1. The van der Waals surface area contributed by atoms with E-state index in [0.717, 1.165) is 5.56 Å². The van der Waals surface area contributed by atoms with Crippen molar-refractivity contribution in [3.8, 4) is 5.75 Å². The summed E-state index contributed by atoms with van der Waals surface area (Å²) in [5.41, 5.74) is 1.49. The summed E-state index contributed by atoms with van der Waals surface area (Å²) in [6.07, 6.45) is 0. The van der Waals surface area contributed by atoms with Crippen molar-refractivity contribution in [2.75, 3.05) is 7.11 Å². The van der Waals surface area contributed by atoms with Crippen LogP contribution in [-0.4, -0.2) is 24.1 Å². The maximum atomic E-state index is 11.3. The first-order chi connectivity index (χ1) is 8.86. The van der Waals surface area contributed by atoms with E-state index in [1.807, 2.05) is 19.9 Å². The van der Waals surface area contributed by atoms with Crippen LogP contribution >= 0.6 is 0 Å². The van der Waals surface area contributed by atoms with Gasteiger partial charge in [0.05, 0.1) is 7.11 Å². The van der Waals surface area contributed by atoms with Gasteiger partial charge in [-0.1, -0.05) is 26.0 Å². The van der Waals surface area contributed by atoms with Crippen molar-refractivity contribution in [3.05, 3.63) is 29.3 Å². The van der Waals surface area contributed by atoms with Crippen molar-refractivity contribution >= 4 is 11.9 Å². The third-order valence-electron chi connectivity index (χ3n) is 2.83. The second kappa shape index (κ2) is 6.22. The largest absolute Gasteiger partial charge is 0.496 e. The molecule has 0 heterocycles. The molecule has 19 heavy (non-hydrogen) atoms. The Morgan fingerprint density at radius 3 is 2.37 bits per heavy atom. The fourth-order valence-electron chi connectivity index (χ4n) is 1.80. The van der Waals surface area contributed by atoms with Gasteiger partial charge in [0, 0.05) is 12.5 Å². The molecule has 0 fully saturated rings. The number of ether oxygens (including phenoxy) is 1. The van der Waals surface area contributed by atoms with Crippen molar-refractivity contribution in [1.82, 2.24) is 5.32 Å². The van der Waals surface area contributed by atoms with Crippen molar-refractivity contribution in [2.45, 2.75) is 32.7 Å². The predicted octanol–water partition coefficient (Wildman–Crippen LogP) is 2.08. The van der Waals surface area contributed by atoms with Crippen LogP contribution in [0.15, 0.2) is 18.2 Å². The predicted molar refractivity (Wildman–Crippen MR) is 71.3 cm³/mol. The van der Waals surface area contributed by atoms with Crippen LogP contribution < -0.4 is 10.1 Å². The summed E-state index contributed by atoms with van der Waals surface area (Å²) < 4.78 is 5.23. The van der Waals surface area contributed by atoms with Crippen molar-refractivity contribution < 1.29 is 19.4 Å². The van der Waals surface area contributed by atoms with E-state index in [-0.39, 0.29) is 0 Å². The Kier molecular flexibility index (Phi) is 4.92. The smallest absolute Gasteiger partial charge is 0.331 e. The molecule has 0 bridgehead atoms. The first kappa shape index (κ1) is 15.0. The fraction of sp³-hybridized carbons (Fsp3) is 0.429. The number of hydrogen-bond acceptors (Lipinski definition) is 3. The van der Waals surface area contributed by atoms with Crippen LogP contribution in [0.2, 0.25) is 0 Å². The molecule has 0 spiro atoms. The summed E-state index contributed by atoms with van der Waals surface area (Å²) in [6.45, 7) is 5.36. The van der Waals surface area contributed by atoms with Gasteiger partial charge in [0.25, 0.3) is 0 Å². The van der Waals surface area contributed by atoms with Crippen LogP contribution in [0.4, 0.5) is 0 Å². The number of amides is 1. The number of carbonyl (C=O) groups excluding carboxylic acids is 1. The molecule has 1 rings (SSSR count). The lowest BCUT2D eigenvalue weighted by molar-refractivity contribution is -0.141. The summed E-state index contributed by atoms with van der Waals surface area (Å²) in [7, 11) is 1.48. The van der Waals surface area contributed by atoms with Crippen LogP contribution in [0.5, 0.6) is 5.75 Å². The minimum Gasteiger partial charge on any atom is -0.496 e. The highest BCUT2D eigenvalue weighted by atomic mass is 16.5. The molecule has 104 valence electrons. The van der Waals surface area contributed by atoms with E-state index in [9.17, 15) is 14.7 Å². The molecule has 0 aliphatic heterocycles. The number of rotatable bonds is 5. The lowest BCUT2D eigenvalue weighted by Crippen LogP contribution is -2.32. The fourth-order valence-corrected chi connectivity index (χ4v) is 1.80. The molecular formula is C14H19NO4. The molecule has 0 aliphatic carbocycles. The lowest BCUT2D eigenvalue weighted by atomic mass is 9.98. The SMILES string of the molecule is COc1cc(C(C)C)ccc1C(NC(C)=O)C(=O)O. The van der Waals surface area contributed by atoms with Gasteiger partial charge in [0.15, 0.2) is 6.04 Å². The normalized spacial score (nSPS) is 12.1. The van der Waals surface area contributed by atoms with E-state index in [2.05, 4.69) is 5.32 Å². The third-order valence-corrected chi connectivity index (χ3v) is 2.83. The third kappa shape index (κ3) is 3.71. The monoisotopic (exact) mass is 265 g/mol. The first-order valence-corrected chi connectivity index (χ1v) is 6.04. The topological polar surface area (TPSA) is 75.6 Å². The van der Waals surface area contributed by atoms with E-state index >= 15 is 0 Å². The molecule has 0 saturated heterocycles. The van der Waals surface area contributed by atoms with Crippen LogP contribution in [0.25, 0.3) is 0 Å². The molecule has 5 heteroatoms. The average Bonchev–Trinajstić information content (AvgIpc) is 2.34. The molecule has 1 aromatic carbocycles. The second-order valence-electron chi connectivity index (χ2n) is 4.63. The molecule has 0 aromatic heterocycles. The second-order valence-corrected chi connectivity index (χ2v) is 4.63. The van der Waals surface area contributed by atoms with E-state index in [4.69, 9.17) is 4.74 Å². The van der Waals surface area contributed by atoms with Gasteiger partial charge in [-0.25, -0.2) is 4.79 Å². The Labute approximate surface area is 112 Å². The number of carboxylic acid groups (broad SMARTS) is 1. The Morgan fingerprint density at radius 2 is 1.95 bits per heavy atom. The van der Waals surface area contributed by atoms with Gasteiger partial charge < -0.3 is 15.2 Å². The van der Waals surface area contributed by atoms with Crippen molar-refractivity contribution in [1.29, 1.82) is 0 Å². The van der Waals surface area contributed by atoms with Crippen LogP contribution in [0.3, 0.4) is 0 Å². The van der Waals surface area contributed by atoms with Crippen LogP contribution in [0.1, 0.15) is 43.9 Å². The molecule has 1 amide bonds. The molecule has 1 unspecified atom stereocenters. The molecular weight excluding hydrogens is 246 g/mol. The first-order valence-electron chi connectivity index (χ1n) is 6.04. The Hall–Kier alpha value is -2.04. The summed E-state index contributed by atoms with van der Waals surface area (Å²) >= 11 is 0. The summed E-state index contributed by atoms with van der Waals surface area (Å²) in [6, 6.07) is 4.23. The molecule has 0 saturated carbocycles. The van der Waals surface area contributed by atoms with E-state index in [1.54, 1.807) is 12.1 Å². The standard InChI is InChI=1S/C14H19NO4/c1-8(2)10-5-6-11(12(7-10)19-4)13(14(17)18)15-9(3)16/h5-8,13H,1-4H3,(H,15,16)(H,17,18). The maximum absolute atomic E-state index is 11.3. The summed E-state index contributed by atoms with van der Waals surface area (Å²) in [4.78, 5) is 22.3. The Balaban J connectivity index is 3.22. The number of nitrogens with one attached hydrogen (secondary N) is 1. The molecule has 5 nitrogen and oxygen atoms in total. The highest BCUT2D eigenvalue weighted by Gasteiger charge is 2.24. The number of aliphatic carboxylic acids is 1. The minimum atomic E-state index is -1.12. The number of methoxy groups -OCH3 is 1. The molecule has 2 N–H and O–H groups in total. The highest BCUT2D eigenvalue weighted by Crippen LogP contribution is 2.29. The quantitative estimate of drug-likeness (QED) is 0.854. The molecule has 0 aliphatic rings. The number of hydrogen-bond donors (Lipinski definition) is 2. The zero-order chi connectivity index (χ0) is 14.6. The lowest BCUT2D eigenvalue weighted by Gasteiger charge is -2.18. The van der Waals surface area contributed by atoms with Gasteiger partial charge in [-0.15, -0.1) is 0 Å². The molecule has 0 radical (unpaired) electrons. The highest BCUT2D eigenvalue weighted by molar-refractivity contribution is 5.84. The maximum Gasteiger partial charge on any atom is 0.331 e. The van der Waals surface area contributed by atoms with Crippen molar-refractivity contribution in [3.63, 3.8) is 0 Å². The van der Waals surface area contributed by atoms with Crippen molar-refractivity contribution in [2.24, 2.45) is 0 Å². The van der Waals surface area contributed by atoms with Gasteiger partial charge in [0.1, 0.15) is 5.75 Å². The van der Waals surface area contributed by atoms with E-state index in [0.29, 0.717) is 17.2 Å². The number of benzene rings is 1. The van der Waals surface area contributed by atoms with Gasteiger partial charge >= 0.3 is 5.97 Å². The van der Waals surface area contributed by atoms with Gasteiger partial charge in [-0.05, 0) is 17.5 Å². The van der Waals surface area contributed by atoms with E-state index in [1.165, 1.54) is 14.0 Å². The minimum absolute atomic E-state index is 0.312. The summed E-state index contributed by atoms with van der Waals surface area (Å²) in [5, 5.41) is 11.6. The number of carbonyl (C=O) groups is 2. The van der Waals surface area contributed by atoms with Gasteiger partial charge in [0.2, 0.25) is 5.91 Å². The Bertz CT molecular complexity index is 482. The molecule has 1 atom stereocenters. The average molecular weight is 265 g/mol.